The molecule has 0 amide bonds. The highest BCUT2D eigenvalue weighted by molar-refractivity contribution is 7.12. The predicted molar refractivity (Wildman–Crippen MR) is 70.3 cm³/mol. The molecular formula is C13H21NOS. The van der Waals surface area contributed by atoms with Crippen molar-refractivity contribution >= 4 is 17.1 Å². The van der Waals surface area contributed by atoms with E-state index in [9.17, 15) is 4.79 Å². The van der Waals surface area contributed by atoms with Crippen LogP contribution < -0.4 is 0 Å². The Morgan fingerprint density at radius 2 is 2.12 bits per heavy atom. The molecule has 3 heteroatoms. The molecule has 0 aliphatic rings. The number of carbonyl (C=O) groups is 1. The zero-order chi connectivity index (χ0) is 11.8. The molecule has 0 saturated heterocycles. The van der Waals surface area contributed by atoms with Crippen LogP contribution in [0.25, 0.3) is 0 Å². The quantitative estimate of drug-likeness (QED) is 0.648. The molecule has 1 rings (SSSR count). The van der Waals surface area contributed by atoms with Gasteiger partial charge in [0.2, 0.25) is 0 Å². The Morgan fingerprint density at radius 3 is 2.75 bits per heavy atom. The molecule has 0 unspecified atom stereocenters. The first-order valence-electron chi connectivity index (χ1n) is 5.99. The molecule has 1 aromatic rings. The topological polar surface area (TPSA) is 20.3 Å². The Bertz CT molecular complexity index is 295. The molecule has 2 nitrogen and oxygen atoms in total. The van der Waals surface area contributed by atoms with E-state index in [1.165, 1.54) is 12.8 Å². The summed E-state index contributed by atoms with van der Waals surface area (Å²) in [5, 5.41) is 1.96. The Balaban J connectivity index is 2.13. The zero-order valence-corrected chi connectivity index (χ0v) is 11.1. The van der Waals surface area contributed by atoms with E-state index >= 15 is 0 Å². The van der Waals surface area contributed by atoms with Crippen molar-refractivity contribution in [3.63, 3.8) is 0 Å². The van der Waals surface area contributed by atoms with E-state index in [0.29, 0.717) is 12.2 Å². The summed E-state index contributed by atoms with van der Waals surface area (Å²) in [7, 11) is 2.13. The van der Waals surface area contributed by atoms with Gasteiger partial charge in [0.05, 0.1) is 4.88 Å². The van der Waals surface area contributed by atoms with E-state index in [2.05, 4.69) is 18.9 Å². The standard InChI is InChI=1S/C13H21NOS/c1-3-4-9-14(2)10-5-7-12(15)13-8-6-11-16-13/h6,8,11H,3-5,7,9-10H2,1-2H3. The third-order valence-electron chi connectivity index (χ3n) is 2.63. The fraction of sp³-hybridized carbons (Fsp3) is 0.615. The summed E-state index contributed by atoms with van der Waals surface area (Å²) in [6, 6.07) is 3.85. The van der Waals surface area contributed by atoms with Gasteiger partial charge in [0, 0.05) is 6.42 Å². The van der Waals surface area contributed by atoms with Crippen LogP contribution in [0.4, 0.5) is 0 Å². The second-order valence-corrected chi connectivity index (χ2v) is 5.11. The number of ketones is 1. The van der Waals surface area contributed by atoms with Crippen LogP contribution in [0.1, 0.15) is 42.3 Å². The maximum Gasteiger partial charge on any atom is 0.172 e. The van der Waals surface area contributed by atoms with Gasteiger partial charge in [0.25, 0.3) is 0 Å². The van der Waals surface area contributed by atoms with Crippen LogP contribution in [0.5, 0.6) is 0 Å². The lowest BCUT2D eigenvalue weighted by Gasteiger charge is -2.15. The van der Waals surface area contributed by atoms with Gasteiger partial charge in [-0.05, 0) is 44.4 Å². The van der Waals surface area contributed by atoms with E-state index in [1.54, 1.807) is 11.3 Å². The summed E-state index contributed by atoms with van der Waals surface area (Å²) in [6.07, 6.45) is 4.13. The van der Waals surface area contributed by atoms with Crippen LogP contribution >= 0.6 is 11.3 Å². The third-order valence-corrected chi connectivity index (χ3v) is 3.54. The van der Waals surface area contributed by atoms with Crippen molar-refractivity contribution in [3.8, 4) is 0 Å². The molecule has 0 atom stereocenters. The number of Topliss-reactive ketones (excluding diaryl/α,β-unsaturated/α-hetero) is 1. The molecule has 0 saturated carbocycles. The van der Waals surface area contributed by atoms with E-state index in [4.69, 9.17) is 0 Å². The van der Waals surface area contributed by atoms with Crippen LogP contribution in [-0.4, -0.2) is 30.8 Å². The van der Waals surface area contributed by atoms with Crippen molar-refractivity contribution in [2.45, 2.75) is 32.6 Å². The van der Waals surface area contributed by atoms with Gasteiger partial charge >= 0.3 is 0 Å². The van der Waals surface area contributed by atoms with Crippen LogP contribution in [0.2, 0.25) is 0 Å². The van der Waals surface area contributed by atoms with E-state index < -0.39 is 0 Å². The van der Waals surface area contributed by atoms with Gasteiger partial charge in [0.15, 0.2) is 5.78 Å². The summed E-state index contributed by atoms with van der Waals surface area (Å²) < 4.78 is 0. The number of nitrogens with zero attached hydrogens (tertiary/aromatic N) is 1. The number of thiophene rings is 1. The lowest BCUT2D eigenvalue weighted by Crippen LogP contribution is -2.21. The molecule has 90 valence electrons. The molecule has 0 spiro atoms. The maximum absolute atomic E-state index is 11.7. The van der Waals surface area contributed by atoms with Crippen LogP contribution in [0.3, 0.4) is 0 Å². The molecule has 1 aromatic heterocycles. The molecule has 0 aliphatic carbocycles. The second kappa shape index (κ2) is 7.58. The molecule has 0 fully saturated rings. The fourth-order valence-electron chi connectivity index (χ4n) is 1.61. The van der Waals surface area contributed by atoms with Gasteiger partial charge in [-0.2, -0.15) is 0 Å². The fourth-order valence-corrected chi connectivity index (χ4v) is 2.30. The van der Waals surface area contributed by atoms with Crippen molar-refractivity contribution in [2.75, 3.05) is 20.1 Å². The number of hydrogen-bond donors (Lipinski definition) is 0. The van der Waals surface area contributed by atoms with Crippen LogP contribution in [0.15, 0.2) is 17.5 Å². The minimum atomic E-state index is 0.291. The normalized spacial score (nSPS) is 10.9. The van der Waals surface area contributed by atoms with Crippen molar-refractivity contribution in [3.05, 3.63) is 22.4 Å². The summed E-state index contributed by atoms with van der Waals surface area (Å²) in [5.41, 5.74) is 0. The lowest BCUT2D eigenvalue weighted by molar-refractivity contribution is 0.0980. The van der Waals surface area contributed by atoms with E-state index in [-0.39, 0.29) is 0 Å². The number of hydrogen-bond acceptors (Lipinski definition) is 3. The average molecular weight is 239 g/mol. The van der Waals surface area contributed by atoms with Crippen LogP contribution in [0, 0.1) is 0 Å². The van der Waals surface area contributed by atoms with Gasteiger partial charge in [-0.3, -0.25) is 4.79 Å². The maximum atomic E-state index is 11.7. The summed E-state index contributed by atoms with van der Waals surface area (Å²) in [5.74, 6) is 0.291. The number of carbonyl (C=O) groups excluding carboxylic acids is 1. The van der Waals surface area contributed by atoms with Gasteiger partial charge in [0.1, 0.15) is 0 Å². The summed E-state index contributed by atoms with van der Waals surface area (Å²) >= 11 is 1.54. The smallest absolute Gasteiger partial charge is 0.172 e. The van der Waals surface area contributed by atoms with Gasteiger partial charge in [-0.25, -0.2) is 0 Å². The monoisotopic (exact) mass is 239 g/mol. The number of unbranched alkanes of at least 4 members (excludes halogenated alkanes) is 1. The minimum absolute atomic E-state index is 0.291. The lowest BCUT2D eigenvalue weighted by atomic mass is 10.2. The van der Waals surface area contributed by atoms with E-state index in [1.807, 2.05) is 17.5 Å². The SMILES string of the molecule is CCCCN(C)CCCC(=O)c1cccs1. The first-order chi connectivity index (χ1) is 7.74. The zero-order valence-electron chi connectivity index (χ0n) is 10.2. The molecule has 1 heterocycles. The summed E-state index contributed by atoms with van der Waals surface area (Å²) in [6.45, 7) is 4.37. The minimum Gasteiger partial charge on any atom is -0.306 e. The Kier molecular flexibility index (Phi) is 6.34. The largest absolute Gasteiger partial charge is 0.306 e. The Morgan fingerprint density at radius 1 is 1.38 bits per heavy atom. The van der Waals surface area contributed by atoms with E-state index in [0.717, 1.165) is 24.4 Å². The van der Waals surface area contributed by atoms with Crippen molar-refractivity contribution in [1.82, 2.24) is 4.90 Å². The molecular weight excluding hydrogens is 218 g/mol. The highest BCUT2D eigenvalue weighted by atomic mass is 32.1. The van der Waals surface area contributed by atoms with Crippen molar-refractivity contribution < 1.29 is 4.79 Å². The second-order valence-electron chi connectivity index (χ2n) is 4.16. The molecule has 0 aromatic carbocycles. The van der Waals surface area contributed by atoms with Gasteiger partial charge in [-0.15, -0.1) is 11.3 Å². The van der Waals surface area contributed by atoms with Crippen molar-refractivity contribution in [1.29, 1.82) is 0 Å². The van der Waals surface area contributed by atoms with Gasteiger partial charge < -0.3 is 4.90 Å². The Hall–Kier alpha value is -0.670. The summed E-state index contributed by atoms with van der Waals surface area (Å²) in [4.78, 5) is 14.9. The first-order valence-corrected chi connectivity index (χ1v) is 6.87. The highest BCUT2D eigenvalue weighted by Crippen LogP contribution is 2.12. The van der Waals surface area contributed by atoms with Crippen molar-refractivity contribution in [2.24, 2.45) is 0 Å². The molecule has 0 radical (unpaired) electrons. The van der Waals surface area contributed by atoms with Crippen LogP contribution in [-0.2, 0) is 0 Å². The molecule has 0 bridgehead atoms. The third kappa shape index (κ3) is 4.90. The molecule has 0 N–H and O–H groups in total. The molecule has 16 heavy (non-hydrogen) atoms. The average Bonchev–Trinajstić information content (AvgIpc) is 2.79. The van der Waals surface area contributed by atoms with Gasteiger partial charge in [-0.1, -0.05) is 19.4 Å². The predicted octanol–water partition coefficient (Wildman–Crippen LogP) is 3.44. The highest BCUT2D eigenvalue weighted by Gasteiger charge is 2.06. The number of rotatable bonds is 8. The molecule has 0 aliphatic heterocycles. The first kappa shape index (κ1) is 13.4. The Labute approximate surface area is 102 Å².